The summed E-state index contributed by atoms with van der Waals surface area (Å²) in [5, 5.41) is 0.928. The van der Waals surface area contributed by atoms with Crippen LogP contribution in [0.4, 0.5) is 5.69 Å². The molecule has 2 aliphatic rings. The molecule has 2 saturated carbocycles. The minimum Gasteiger partial charge on any atom is -0.370 e. The van der Waals surface area contributed by atoms with Gasteiger partial charge in [0, 0.05) is 22.9 Å². The number of hydrogen-bond acceptors (Lipinski definition) is 1. The summed E-state index contributed by atoms with van der Waals surface area (Å²) in [6.45, 7) is 2.51. The fraction of sp³-hybridized carbons (Fsp3) is 0.600. The lowest BCUT2D eigenvalue weighted by Gasteiger charge is -2.26. The number of nitrogens with zero attached hydrogens (tertiary/aromatic N) is 1. The summed E-state index contributed by atoms with van der Waals surface area (Å²) in [5.41, 5.74) is 2.72. The maximum absolute atomic E-state index is 3.75. The minimum absolute atomic E-state index is 0.928. The van der Waals surface area contributed by atoms with Crippen LogP contribution in [-0.2, 0) is 5.33 Å². The molecule has 2 fully saturated rings. The molecule has 3 rings (SSSR count). The Morgan fingerprint density at radius 3 is 2.11 bits per heavy atom. The van der Waals surface area contributed by atoms with Crippen molar-refractivity contribution in [1.29, 1.82) is 0 Å². The van der Waals surface area contributed by atoms with Crippen LogP contribution in [0.1, 0.15) is 31.2 Å². The van der Waals surface area contributed by atoms with Gasteiger partial charge in [-0.2, -0.15) is 0 Å². The second kappa shape index (κ2) is 5.54. The van der Waals surface area contributed by atoms with Gasteiger partial charge in [0.05, 0.1) is 5.69 Å². The summed E-state index contributed by atoms with van der Waals surface area (Å²) in [6.07, 6.45) is 5.72. The Balaban J connectivity index is 1.77. The number of benzene rings is 1. The van der Waals surface area contributed by atoms with E-state index >= 15 is 0 Å². The zero-order chi connectivity index (χ0) is 12.5. The molecular weight excluding hydrogens is 354 g/mol. The number of alkyl halides is 1. The third kappa shape index (κ3) is 3.30. The molecule has 98 valence electrons. The molecule has 0 atom stereocenters. The zero-order valence-corrected chi connectivity index (χ0v) is 13.7. The monoisotopic (exact) mass is 371 g/mol. The second-order valence-corrected chi connectivity index (χ2v) is 7.13. The molecule has 0 unspecified atom stereocenters. The highest BCUT2D eigenvalue weighted by molar-refractivity contribution is 9.10. The molecule has 1 nitrogen and oxygen atoms in total. The molecular formula is C15H19Br2N. The molecule has 0 spiro atoms. The Kier molecular flexibility index (Phi) is 4.00. The van der Waals surface area contributed by atoms with Gasteiger partial charge in [-0.05, 0) is 71.1 Å². The third-order valence-corrected chi connectivity index (χ3v) is 5.14. The van der Waals surface area contributed by atoms with E-state index in [2.05, 4.69) is 55.0 Å². The summed E-state index contributed by atoms with van der Waals surface area (Å²) in [6, 6.07) is 6.77. The molecule has 0 aliphatic heterocycles. The first kappa shape index (κ1) is 13.0. The molecule has 0 bridgehead atoms. The molecule has 0 aromatic heterocycles. The summed E-state index contributed by atoms with van der Waals surface area (Å²) in [5.74, 6) is 1.90. The average Bonchev–Trinajstić information content (AvgIpc) is 3.23. The fourth-order valence-electron chi connectivity index (χ4n) is 2.39. The molecule has 2 aliphatic carbocycles. The highest BCUT2D eigenvalue weighted by Gasteiger charge is 2.29. The van der Waals surface area contributed by atoms with Crippen LogP contribution < -0.4 is 4.90 Å². The lowest BCUT2D eigenvalue weighted by molar-refractivity contribution is 0.678. The van der Waals surface area contributed by atoms with Crippen molar-refractivity contribution < 1.29 is 0 Å². The van der Waals surface area contributed by atoms with Crippen LogP contribution >= 0.6 is 31.9 Å². The van der Waals surface area contributed by atoms with E-state index in [1.54, 1.807) is 0 Å². The average molecular weight is 373 g/mol. The second-order valence-electron chi connectivity index (χ2n) is 5.71. The number of anilines is 1. The van der Waals surface area contributed by atoms with Crippen LogP contribution in [-0.4, -0.2) is 13.1 Å². The molecule has 0 radical (unpaired) electrons. The first-order chi connectivity index (χ1) is 8.76. The van der Waals surface area contributed by atoms with Gasteiger partial charge < -0.3 is 4.90 Å². The third-order valence-electron chi connectivity index (χ3n) is 3.86. The van der Waals surface area contributed by atoms with Gasteiger partial charge in [-0.15, -0.1) is 0 Å². The van der Waals surface area contributed by atoms with Crippen molar-refractivity contribution in [3.63, 3.8) is 0 Å². The Morgan fingerprint density at radius 2 is 1.67 bits per heavy atom. The molecule has 1 aromatic carbocycles. The molecule has 1 aromatic rings. The van der Waals surface area contributed by atoms with Gasteiger partial charge in [-0.1, -0.05) is 22.0 Å². The molecule has 0 saturated heterocycles. The topological polar surface area (TPSA) is 3.24 Å². The summed E-state index contributed by atoms with van der Waals surface area (Å²) in [7, 11) is 0. The van der Waals surface area contributed by atoms with E-state index in [0.29, 0.717) is 0 Å². The van der Waals surface area contributed by atoms with Crippen molar-refractivity contribution in [3.8, 4) is 0 Å². The predicted molar refractivity (Wildman–Crippen MR) is 84.4 cm³/mol. The quantitative estimate of drug-likeness (QED) is 0.637. The first-order valence-corrected chi connectivity index (χ1v) is 8.77. The van der Waals surface area contributed by atoms with Gasteiger partial charge in [0.2, 0.25) is 0 Å². The number of hydrogen-bond donors (Lipinski definition) is 0. The Morgan fingerprint density at radius 1 is 1.06 bits per heavy atom. The first-order valence-electron chi connectivity index (χ1n) is 6.85. The van der Waals surface area contributed by atoms with Crippen molar-refractivity contribution in [2.75, 3.05) is 18.0 Å². The predicted octanol–water partition coefficient (Wildman–Crippen LogP) is 4.97. The van der Waals surface area contributed by atoms with Crippen molar-refractivity contribution in [2.24, 2.45) is 11.8 Å². The van der Waals surface area contributed by atoms with E-state index in [9.17, 15) is 0 Å². The molecule has 3 heteroatoms. The van der Waals surface area contributed by atoms with Gasteiger partial charge in [-0.3, -0.25) is 0 Å². The molecule has 18 heavy (non-hydrogen) atoms. The van der Waals surface area contributed by atoms with Crippen LogP contribution in [0.15, 0.2) is 22.7 Å². The van der Waals surface area contributed by atoms with E-state index < -0.39 is 0 Å². The molecule has 0 N–H and O–H groups in total. The Hall–Kier alpha value is -0.0200. The normalized spacial score (nSPS) is 19.0. The van der Waals surface area contributed by atoms with E-state index in [4.69, 9.17) is 0 Å². The van der Waals surface area contributed by atoms with Gasteiger partial charge in [0.25, 0.3) is 0 Å². The standard InChI is InChI=1S/C15H19Br2N/c16-8-13-5-6-15(14(17)7-13)18(9-11-1-2-11)10-12-3-4-12/h5-7,11-12H,1-4,8-10H2. The number of rotatable bonds is 6. The van der Waals surface area contributed by atoms with Crippen LogP contribution in [0.2, 0.25) is 0 Å². The van der Waals surface area contributed by atoms with Crippen molar-refractivity contribution >= 4 is 37.5 Å². The van der Waals surface area contributed by atoms with Gasteiger partial charge >= 0.3 is 0 Å². The lowest BCUT2D eigenvalue weighted by Crippen LogP contribution is -2.28. The van der Waals surface area contributed by atoms with E-state index in [-0.39, 0.29) is 0 Å². The van der Waals surface area contributed by atoms with Crippen LogP contribution in [0.5, 0.6) is 0 Å². The smallest absolute Gasteiger partial charge is 0.0511 e. The highest BCUT2D eigenvalue weighted by atomic mass is 79.9. The maximum atomic E-state index is 3.75. The van der Waals surface area contributed by atoms with E-state index in [0.717, 1.165) is 17.2 Å². The lowest BCUT2D eigenvalue weighted by atomic mass is 10.2. The molecule has 0 amide bonds. The summed E-state index contributed by atoms with van der Waals surface area (Å²) >= 11 is 7.27. The van der Waals surface area contributed by atoms with Gasteiger partial charge in [0.1, 0.15) is 0 Å². The molecule has 0 heterocycles. The van der Waals surface area contributed by atoms with Crippen molar-refractivity contribution in [2.45, 2.75) is 31.0 Å². The highest BCUT2D eigenvalue weighted by Crippen LogP contribution is 2.38. The zero-order valence-electron chi connectivity index (χ0n) is 10.5. The van der Waals surface area contributed by atoms with Crippen molar-refractivity contribution in [1.82, 2.24) is 0 Å². The van der Waals surface area contributed by atoms with Crippen molar-refractivity contribution in [3.05, 3.63) is 28.2 Å². The Bertz CT molecular complexity index is 411. The van der Waals surface area contributed by atoms with Gasteiger partial charge in [-0.25, -0.2) is 0 Å². The van der Waals surface area contributed by atoms with E-state index in [1.807, 2.05) is 0 Å². The van der Waals surface area contributed by atoms with Crippen LogP contribution in [0.25, 0.3) is 0 Å². The fourth-order valence-corrected chi connectivity index (χ4v) is 3.41. The van der Waals surface area contributed by atoms with E-state index in [1.165, 1.54) is 54.5 Å². The maximum Gasteiger partial charge on any atom is 0.0511 e. The largest absolute Gasteiger partial charge is 0.370 e. The van der Waals surface area contributed by atoms with Crippen LogP contribution in [0, 0.1) is 11.8 Å². The van der Waals surface area contributed by atoms with Gasteiger partial charge in [0.15, 0.2) is 0 Å². The summed E-state index contributed by atoms with van der Waals surface area (Å²) < 4.78 is 1.25. The number of halogens is 2. The minimum atomic E-state index is 0.928. The SMILES string of the molecule is BrCc1ccc(N(CC2CC2)CC2CC2)c(Br)c1. The Labute approximate surface area is 126 Å². The summed E-state index contributed by atoms with van der Waals surface area (Å²) in [4.78, 5) is 2.61. The van der Waals surface area contributed by atoms with Crippen LogP contribution in [0.3, 0.4) is 0 Å².